The molecule has 2 N–H and O–H groups in total. The molecule has 1 amide bonds. The van der Waals surface area contributed by atoms with Crippen LogP contribution in [0, 0.1) is 0 Å². The van der Waals surface area contributed by atoms with Crippen LogP contribution in [0.3, 0.4) is 0 Å². The first-order valence-electron chi connectivity index (χ1n) is 6.26. The van der Waals surface area contributed by atoms with Crippen molar-refractivity contribution in [2.24, 2.45) is 0 Å². The van der Waals surface area contributed by atoms with E-state index in [4.69, 9.17) is 4.74 Å². The minimum Gasteiger partial charge on any atom is -0.389 e. The number of hydrogen-bond acceptors (Lipinski definition) is 4. The van der Waals surface area contributed by atoms with Crippen LogP contribution in [0.25, 0.3) is 0 Å². The molecule has 0 saturated heterocycles. The quantitative estimate of drug-likeness (QED) is 0.848. The lowest BCUT2D eigenvalue weighted by molar-refractivity contribution is 0.0609. The van der Waals surface area contributed by atoms with E-state index in [2.05, 4.69) is 5.32 Å². The minimum absolute atomic E-state index is 0.0791. The highest BCUT2D eigenvalue weighted by Gasteiger charge is 2.20. The molecule has 4 nitrogen and oxygen atoms in total. The summed E-state index contributed by atoms with van der Waals surface area (Å²) in [5, 5.41) is 14.2. The van der Waals surface area contributed by atoms with Gasteiger partial charge in [0, 0.05) is 23.9 Å². The van der Waals surface area contributed by atoms with E-state index in [0.717, 1.165) is 24.8 Å². The molecule has 0 aromatic carbocycles. The average Bonchev–Trinajstić information content (AvgIpc) is 2.80. The molecule has 18 heavy (non-hydrogen) atoms. The van der Waals surface area contributed by atoms with Crippen LogP contribution < -0.4 is 5.32 Å². The zero-order valence-electron chi connectivity index (χ0n) is 10.6. The topological polar surface area (TPSA) is 58.6 Å². The zero-order valence-corrected chi connectivity index (χ0v) is 11.4. The molecule has 1 aliphatic carbocycles. The highest BCUT2D eigenvalue weighted by atomic mass is 32.1. The number of hydrogen-bond donors (Lipinski definition) is 2. The van der Waals surface area contributed by atoms with E-state index in [1.165, 1.54) is 24.0 Å². The summed E-state index contributed by atoms with van der Waals surface area (Å²) in [4.78, 5) is 13.4. The second-order valence-corrected chi connectivity index (χ2v) is 5.54. The van der Waals surface area contributed by atoms with Gasteiger partial charge in [0.15, 0.2) is 0 Å². The second kappa shape index (κ2) is 6.31. The van der Waals surface area contributed by atoms with Crippen molar-refractivity contribution >= 4 is 17.2 Å². The highest BCUT2D eigenvalue weighted by Crippen LogP contribution is 2.29. The van der Waals surface area contributed by atoms with Crippen LogP contribution in [0.4, 0.5) is 0 Å². The third-order valence-electron chi connectivity index (χ3n) is 3.16. The van der Waals surface area contributed by atoms with Gasteiger partial charge < -0.3 is 15.2 Å². The van der Waals surface area contributed by atoms with Gasteiger partial charge in [-0.2, -0.15) is 0 Å². The maximum atomic E-state index is 12.0. The predicted molar refractivity (Wildman–Crippen MR) is 71.2 cm³/mol. The lowest BCUT2D eigenvalue weighted by Gasteiger charge is -2.14. The van der Waals surface area contributed by atoms with E-state index in [9.17, 15) is 9.90 Å². The van der Waals surface area contributed by atoms with Crippen LogP contribution >= 0.6 is 11.3 Å². The lowest BCUT2D eigenvalue weighted by Crippen LogP contribution is -2.34. The van der Waals surface area contributed by atoms with Gasteiger partial charge in [-0.15, -0.1) is 11.3 Å². The third kappa shape index (κ3) is 3.10. The minimum atomic E-state index is -0.645. The normalized spacial score (nSPS) is 16.1. The molecule has 1 aromatic rings. The summed E-state index contributed by atoms with van der Waals surface area (Å²) in [6.45, 7) is 0.472. The summed E-state index contributed by atoms with van der Waals surface area (Å²) in [7, 11) is 1.53. The van der Waals surface area contributed by atoms with Gasteiger partial charge in [-0.25, -0.2) is 0 Å². The first-order chi connectivity index (χ1) is 8.72. The van der Waals surface area contributed by atoms with Crippen molar-refractivity contribution < 1.29 is 14.6 Å². The zero-order chi connectivity index (χ0) is 13.0. The van der Waals surface area contributed by atoms with Crippen molar-refractivity contribution in [3.05, 3.63) is 21.4 Å². The van der Waals surface area contributed by atoms with Crippen LogP contribution in [0.2, 0.25) is 0 Å². The molecule has 1 heterocycles. The van der Waals surface area contributed by atoms with Gasteiger partial charge in [-0.05, 0) is 31.2 Å². The molecule has 5 heteroatoms. The molecule has 100 valence electrons. The van der Waals surface area contributed by atoms with Crippen LogP contribution in [0.1, 0.15) is 33.6 Å². The fraction of sp³-hybridized carbons (Fsp3) is 0.615. The van der Waals surface area contributed by atoms with Gasteiger partial charge >= 0.3 is 0 Å². The first-order valence-corrected chi connectivity index (χ1v) is 7.14. The predicted octanol–water partition coefficient (Wildman–Crippen LogP) is 1.36. The Morgan fingerprint density at radius 1 is 1.56 bits per heavy atom. The van der Waals surface area contributed by atoms with E-state index in [-0.39, 0.29) is 19.1 Å². The number of thiophene rings is 1. The van der Waals surface area contributed by atoms with Gasteiger partial charge in [0.05, 0.1) is 18.3 Å². The van der Waals surface area contributed by atoms with Gasteiger partial charge in [0.25, 0.3) is 5.91 Å². The van der Waals surface area contributed by atoms with Crippen LogP contribution in [0.15, 0.2) is 5.38 Å². The van der Waals surface area contributed by atoms with Crippen LogP contribution in [0.5, 0.6) is 0 Å². The fourth-order valence-electron chi connectivity index (χ4n) is 2.24. The van der Waals surface area contributed by atoms with Gasteiger partial charge in [-0.3, -0.25) is 4.79 Å². The Labute approximate surface area is 111 Å². The largest absolute Gasteiger partial charge is 0.389 e. The number of carbonyl (C=O) groups excluding carboxylic acids is 1. The molecule has 1 aromatic heterocycles. The monoisotopic (exact) mass is 269 g/mol. The maximum Gasteiger partial charge on any atom is 0.252 e. The van der Waals surface area contributed by atoms with Crippen molar-refractivity contribution in [2.45, 2.75) is 31.8 Å². The number of methoxy groups -OCH3 is 1. The van der Waals surface area contributed by atoms with Gasteiger partial charge in [0.1, 0.15) is 0 Å². The Kier molecular flexibility index (Phi) is 4.74. The number of fused-ring (bicyclic) bond motifs is 1. The standard InChI is InChI=1S/C13H19NO3S/c1-17-7-9(15)6-14-13(16)11-8-18-12-5-3-2-4-10(11)12/h8-9,15H,2-7H2,1H3,(H,14,16). The molecular weight excluding hydrogens is 250 g/mol. The van der Waals surface area contributed by atoms with Crippen molar-refractivity contribution in [3.8, 4) is 0 Å². The number of ether oxygens (including phenoxy) is 1. The summed E-state index contributed by atoms with van der Waals surface area (Å²) in [6.07, 6.45) is 3.84. The molecule has 0 saturated carbocycles. The molecule has 1 unspecified atom stereocenters. The Morgan fingerprint density at radius 3 is 3.11 bits per heavy atom. The maximum absolute atomic E-state index is 12.0. The smallest absolute Gasteiger partial charge is 0.252 e. The van der Waals surface area contributed by atoms with Crippen molar-refractivity contribution in [1.82, 2.24) is 5.32 Å². The van der Waals surface area contributed by atoms with E-state index < -0.39 is 6.10 Å². The number of rotatable bonds is 5. The van der Waals surface area contributed by atoms with Crippen molar-refractivity contribution in [1.29, 1.82) is 0 Å². The Hall–Kier alpha value is -0.910. The van der Waals surface area contributed by atoms with E-state index in [0.29, 0.717) is 0 Å². The van der Waals surface area contributed by atoms with E-state index >= 15 is 0 Å². The number of carbonyl (C=O) groups is 1. The Balaban J connectivity index is 1.95. The Bertz CT molecular complexity index is 416. The number of amides is 1. The van der Waals surface area contributed by atoms with Crippen molar-refractivity contribution in [3.63, 3.8) is 0 Å². The summed E-state index contributed by atoms with van der Waals surface area (Å²) in [6, 6.07) is 0. The summed E-state index contributed by atoms with van der Waals surface area (Å²) >= 11 is 1.68. The third-order valence-corrected chi connectivity index (χ3v) is 4.25. The van der Waals surface area contributed by atoms with E-state index in [1.54, 1.807) is 11.3 Å². The highest BCUT2D eigenvalue weighted by molar-refractivity contribution is 7.10. The van der Waals surface area contributed by atoms with Gasteiger partial charge in [-0.1, -0.05) is 0 Å². The second-order valence-electron chi connectivity index (χ2n) is 4.58. The molecule has 0 bridgehead atoms. The molecule has 0 spiro atoms. The molecule has 0 fully saturated rings. The summed E-state index contributed by atoms with van der Waals surface area (Å²) in [5.41, 5.74) is 2.00. The molecule has 0 aliphatic heterocycles. The summed E-state index contributed by atoms with van der Waals surface area (Å²) < 4.78 is 4.82. The number of aliphatic hydroxyl groups is 1. The van der Waals surface area contributed by atoms with E-state index in [1.807, 2.05) is 5.38 Å². The Morgan fingerprint density at radius 2 is 2.33 bits per heavy atom. The molecule has 1 atom stereocenters. The number of aryl methyl sites for hydroxylation is 1. The molecule has 0 radical (unpaired) electrons. The molecule has 1 aliphatic rings. The number of aliphatic hydroxyl groups excluding tert-OH is 1. The fourth-order valence-corrected chi connectivity index (χ4v) is 3.37. The van der Waals surface area contributed by atoms with Crippen molar-refractivity contribution in [2.75, 3.05) is 20.3 Å². The van der Waals surface area contributed by atoms with Crippen LogP contribution in [-0.2, 0) is 17.6 Å². The summed E-state index contributed by atoms with van der Waals surface area (Å²) in [5.74, 6) is -0.0791. The van der Waals surface area contributed by atoms with Crippen LogP contribution in [-0.4, -0.2) is 37.4 Å². The average molecular weight is 269 g/mol. The first kappa shape index (κ1) is 13.5. The SMILES string of the molecule is COCC(O)CNC(=O)c1csc2c1CCCC2. The van der Waals surface area contributed by atoms with Gasteiger partial charge in [0.2, 0.25) is 0 Å². The molecular formula is C13H19NO3S. The lowest BCUT2D eigenvalue weighted by atomic mass is 9.95. The number of nitrogens with one attached hydrogen (secondary N) is 1. The molecule has 2 rings (SSSR count).